The molecule has 2 fully saturated rings. The summed E-state index contributed by atoms with van der Waals surface area (Å²) in [6.45, 7) is 7.84. The molecule has 1 N–H and O–H groups in total. The van der Waals surface area contributed by atoms with E-state index in [4.69, 9.17) is 32.7 Å². The minimum absolute atomic E-state index is 0.0925. The molecule has 4 rings (SSSR count). The number of nitrogens with one attached hydrogen (secondary N) is 1. The van der Waals surface area contributed by atoms with Gasteiger partial charge in [-0.05, 0) is 35.4 Å². The molecule has 2 saturated heterocycles. The predicted molar refractivity (Wildman–Crippen MR) is 131 cm³/mol. The van der Waals surface area contributed by atoms with E-state index >= 15 is 0 Å². The second-order valence-electron chi connectivity index (χ2n) is 8.38. The normalized spacial score (nSPS) is 20.3. The van der Waals surface area contributed by atoms with Crippen molar-refractivity contribution in [2.75, 3.05) is 46.0 Å². The van der Waals surface area contributed by atoms with Gasteiger partial charge >= 0.3 is 0 Å². The van der Waals surface area contributed by atoms with Crippen molar-refractivity contribution < 1.29 is 29.1 Å². The first-order chi connectivity index (χ1) is 16.9. The largest absolute Gasteiger partial charge is 0.872 e. The number of quaternary nitrogens is 1. The molecule has 1 amide bonds. The van der Waals surface area contributed by atoms with Crippen LogP contribution in [0.4, 0.5) is 0 Å². The average Bonchev–Trinajstić information content (AvgIpc) is 3.13. The molecule has 9 heteroatoms. The summed E-state index contributed by atoms with van der Waals surface area (Å²) in [6, 6.07) is 10.5. The quantitative estimate of drug-likeness (QED) is 0.250. The molecule has 35 heavy (non-hydrogen) atoms. The van der Waals surface area contributed by atoms with Crippen LogP contribution in [0.3, 0.4) is 0 Å². The molecule has 0 aromatic heterocycles. The maximum atomic E-state index is 13.5. The van der Waals surface area contributed by atoms with E-state index in [9.17, 15) is 14.7 Å². The highest BCUT2D eigenvalue weighted by atomic mass is 35.5. The van der Waals surface area contributed by atoms with Crippen molar-refractivity contribution in [3.05, 3.63) is 81.9 Å². The number of benzene rings is 2. The molecule has 0 radical (unpaired) electrons. The molecule has 0 saturated carbocycles. The molecule has 0 bridgehead atoms. The molecule has 1 atom stereocenters. The Hall–Kier alpha value is -2.84. The Bertz CT molecular complexity index is 1140. The molecule has 2 aliphatic heterocycles. The first kappa shape index (κ1) is 25.3. The van der Waals surface area contributed by atoms with Crippen molar-refractivity contribution in [3.63, 3.8) is 0 Å². The van der Waals surface area contributed by atoms with Gasteiger partial charge in [-0.25, -0.2) is 0 Å². The SMILES string of the molecule is C=CCOc1ccc(C([O-])=C2C(=O)C(=O)N(CC[NH+]3CCOCC3)C2c2ccc(Cl)c(Cl)c2)cc1. The lowest BCUT2D eigenvalue weighted by molar-refractivity contribution is -0.907. The summed E-state index contributed by atoms with van der Waals surface area (Å²) in [6.07, 6.45) is 1.62. The molecule has 2 heterocycles. The molecule has 2 aliphatic rings. The number of Topliss-reactive ketones (excluding diaryl/α,β-unsaturated/α-hetero) is 1. The van der Waals surface area contributed by atoms with E-state index in [1.54, 1.807) is 48.5 Å². The van der Waals surface area contributed by atoms with E-state index in [1.807, 2.05) is 0 Å². The van der Waals surface area contributed by atoms with Crippen LogP contribution in [0.5, 0.6) is 5.75 Å². The summed E-state index contributed by atoms with van der Waals surface area (Å²) in [5, 5.41) is 14.2. The third-order valence-electron chi connectivity index (χ3n) is 6.18. The molecular weight excluding hydrogens is 491 g/mol. The van der Waals surface area contributed by atoms with Crippen LogP contribution < -0.4 is 14.7 Å². The van der Waals surface area contributed by atoms with Crippen LogP contribution in [-0.4, -0.2) is 62.6 Å². The molecule has 7 nitrogen and oxygen atoms in total. The fourth-order valence-corrected chi connectivity index (χ4v) is 4.64. The number of hydrogen-bond donors (Lipinski definition) is 1. The van der Waals surface area contributed by atoms with Gasteiger partial charge in [0.15, 0.2) is 0 Å². The van der Waals surface area contributed by atoms with Crippen LogP contribution in [0.2, 0.25) is 10.0 Å². The Labute approximate surface area is 214 Å². The van der Waals surface area contributed by atoms with Crippen molar-refractivity contribution in [1.82, 2.24) is 4.90 Å². The zero-order valence-corrected chi connectivity index (χ0v) is 20.6. The monoisotopic (exact) mass is 516 g/mol. The number of morpholine rings is 1. The lowest BCUT2D eigenvalue weighted by Crippen LogP contribution is -3.14. The van der Waals surface area contributed by atoms with Crippen LogP contribution in [-0.2, 0) is 14.3 Å². The number of hydrogen-bond acceptors (Lipinski definition) is 5. The van der Waals surface area contributed by atoms with E-state index < -0.39 is 23.5 Å². The lowest BCUT2D eigenvalue weighted by Gasteiger charge is -2.30. The van der Waals surface area contributed by atoms with Gasteiger partial charge in [-0.3, -0.25) is 9.59 Å². The number of carbonyl (C=O) groups excluding carboxylic acids is 2. The van der Waals surface area contributed by atoms with Crippen molar-refractivity contribution in [2.24, 2.45) is 0 Å². The highest BCUT2D eigenvalue weighted by Gasteiger charge is 2.44. The van der Waals surface area contributed by atoms with Gasteiger partial charge in [-0.1, -0.05) is 59.8 Å². The predicted octanol–water partition coefficient (Wildman–Crippen LogP) is 1.70. The van der Waals surface area contributed by atoms with Crippen molar-refractivity contribution in [3.8, 4) is 5.75 Å². The summed E-state index contributed by atoms with van der Waals surface area (Å²) >= 11 is 12.4. The fourth-order valence-electron chi connectivity index (χ4n) is 4.33. The minimum Gasteiger partial charge on any atom is -0.872 e. The Morgan fingerprint density at radius 2 is 1.86 bits per heavy atom. The lowest BCUT2D eigenvalue weighted by atomic mass is 9.95. The van der Waals surface area contributed by atoms with Crippen LogP contribution in [0.25, 0.3) is 5.76 Å². The second kappa shape index (κ2) is 11.3. The smallest absolute Gasteiger partial charge is 0.295 e. The Balaban J connectivity index is 1.71. The van der Waals surface area contributed by atoms with Gasteiger partial charge in [0.2, 0.25) is 5.78 Å². The van der Waals surface area contributed by atoms with Crippen LogP contribution >= 0.6 is 23.2 Å². The van der Waals surface area contributed by atoms with Crippen LogP contribution in [0.15, 0.2) is 60.7 Å². The second-order valence-corrected chi connectivity index (χ2v) is 9.20. The number of nitrogens with zero attached hydrogens (tertiary/aromatic N) is 1. The first-order valence-corrected chi connectivity index (χ1v) is 12.1. The highest BCUT2D eigenvalue weighted by Crippen LogP contribution is 2.40. The van der Waals surface area contributed by atoms with E-state index in [2.05, 4.69) is 6.58 Å². The van der Waals surface area contributed by atoms with E-state index in [0.29, 0.717) is 49.2 Å². The number of likely N-dealkylation sites (tertiary alicyclic amines) is 1. The average molecular weight is 517 g/mol. The minimum atomic E-state index is -0.852. The topological polar surface area (TPSA) is 83.3 Å². The fraction of sp³-hybridized carbons (Fsp3) is 0.308. The van der Waals surface area contributed by atoms with E-state index in [-0.39, 0.29) is 16.2 Å². The van der Waals surface area contributed by atoms with Crippen molar-refractivity contribution in [1.29, 1.82) is 0 Å². The molecule has 0 spiro atoms. The summed E-state index contributed by atoms with van der Waals surface area (Å²) in [7, 11) is 0. The standard InChI is InChI=1S/C26H26Cl2N2O5/c1-2-13-35-19-6-3-17(4-7-19)24(31)22-23(18-5-8-20(27)21(28)16-18)30(26(33)25(22)32)10-9-29-11-14-34-15-12-29/h2-8,16,23,31H,1,9-15H2. The molecule has 0 aliphatic carbocycles. The zero-order valence-electron chi connectivity index (χ0n) is 19.1. The Morgan fingerprint density at radius 3 is 2.51 bits per heavy atom. The van der Waals surface area contributed by atoms with Crippen LogP contribution in [0.1, 0.15) is 17.2 Å². The zero-order chi connectivity index (χ0) is 24.9. The molecular formula is C26H26Cl2N2O5. The van der Waals surface area contributed by atoms with E-state index in [1.165, 1.54) is 9.80 Å². The molecule has 1 unspecified atom stereocenters. The first-order valence-electron chi connectivity index (χ1n) is 11.4. The summed E-state index contributed by atoms with van der Waals surface area (Å²) in [5.41, 5.74) is 0.757. The third kappa shape index (κ3) is 5.54. The Morgan fingerprint density at radius 1 is 1.14 bits per heavy atom. The van der Waals surface area contributed by atoms with E-state index in [0.717, 1.165) is 13.1 Å². The molecule has 2 aromatic rings. The van der Waals surface area contributed by atoms with Crippen molar-refractivity contribution in [2.45, 2.75) is 6.04 Å². The third-order valence-corrected chi connectivity index (χ3v) is 6.92. The number of halogens is 2. The van der Waals surface area contributed by atoms with Gasteiger partial charge in [0.25, 0.3) is 5.91 Å². The van der Waals surface area contributed by atoms with Gasteiger partial charge < -0.3 is 24.4 Å². The van der Waals surface area contributed by atoms with Gasteiger partial charge in [-0.2, -0.15) is 0 Å². The number of ether oxygens (including phenoxy) is 2. The summed E-state index contributed by atoms with van der Waals surface area (Å²) < 4.78 is 10.9. The molecule has 2 aromatic carbocycles. The number of ketones is 1. The highest BCUT2D eigenvalue weighted by molar-refractivity contribution is 6.46. The summed E-state index contributed by atoms with van der Waals surface area (Å²) in [5.74, 6) is -1.43. The van der Waals surface area contributed by atoms with Gasteiger partial charge in [0.1, 0.15) is 25.4 Å². The Kier molecular flexibility index (Phi) is 8.13. The van der Waals surface area contributed by atoms with Gasteiger partial charge in [0, 0.05) is 5.57 Å². The molecule has 184 valence electrons. The number of rotatable bonds is 8. The number of amides is 1. The van der Waals surface area contributed by atoms with Crippen LogP contribution in [0, 0.1) is 0 Å². The number of carbonyl (C=O) groups is 2. The summed E-state index contributed by atoms with van der Waals surface area (Å²) in [4.78, 5) is 29.0. The van der Waals surface area contributed by atoms with Gasteiger partial charge in [-0.15, -0.1) is 0 Å². The van der Waals surface area contributed by atoms with Gasteiger partial charge in [0.05, 0.1) is 42.4 Å². The maximum absolute atomic E-state index is 13.5. The van der Waals surface area contributed by atoms with Crippen molar-refractivity contribution >= 4 is 40.7 Å². The maximum Gasteiger partial charge on any atom is 0.295 e.